The van der Waals surface area contributed by atoms with Gasteiger partial charge < -0.3 is 4.52 Å². The number of hydrogen-bond acceptors (Lipinski definition) is 7. The lowest BCUT2D eigenvalue weighted by Gasteiger charge is -2.12. The molecule has 4 aromatic rings. The number of thiophene rings is 1. The van der Waals surface area contributed by atoms with Gasteiger partial charge in [-0.1, -0.05) is 41.6 Å². The summed E-state index contributed by atoms with van der Waals surface area (Å²) in [5, 5.41) is 5.91. The molecule has 0 aliphatic rings. The van der Waals surface area contributed by atoms with E-state index in [1.165, 1.54) is 30.4 Å². The molecule has 2 aromatic heterocycles. The van der Waals surface area contributed by atoms with Crippen LogP contribution in [-0.4, -0.2) is 24.3 Å². The van der Waals surface area contributed by atoms with E-state index in [0.29, 0.717) is 28.5 Å². The largest absolute Gasteiger partial charge is 0.339 e. The molecule has 0 unspecified atom stereocenters. The van der Waals surface area contributed by atoms with Crippen LogP contribution >= 0.6 is 11.3 Å². The molecule has 7 nitrogen and oxygen atoms in total. The highest BCUT2D eigenvalue weighted by molar-refractivity contribution is 7.92. The molecule has 2 heterocycles. The molecule has 4 rings (SSSR count). The van der Waals surface area contributed by atoms with Gasteiger partial charge in [0.1, 0.15) is 0 Å². The topological polar surface area (TPSA) is 102 Å². The molecule has 1 N–H and O–H groups in total. The molecule has 0 amide bonds. The minimum atomic E-state index is -3.88. The maximum atomic E-state index is 12.9. The van der Waals surface area contributed by atoms with Crippen molar-refractivity contribution in [2.24, 2.45) is 0 Å². The van der Waals surface area contributed by atoms with Gasteiger partial charge >= 0.3 is 0 Å². The van der Waals surface area contributed by atoms with E-state index in [-0.39, 0.29) is 17.1 Å². The maximum absolute atomic E-state index is 12.9. The first-order valence-corrected chi connectivity index (χ1v) is 11.4. The number of rotatable bonds is 7. The molecule has 30 heavy (non-hydrogen) atoms. The van der Waals surface area contributed by atoms with Crippen molar-refractivity contribution in [2.45, 2.75) is 18.2 Å². The van der Waals surface area contributed by atoms with Gasteiger partial charge in [0.2, 0.25) is 11.7 Å². The fraction of sp³-hybridized carbons (Fsp3) is 0.0952. The zero-order chi connectivity index (χ0) is 21.1. The molecule has 0 bridgehead atoms. The van der Waals surface area contributed by atoms with Crippen LogP contribution in [0.5, 0.6) is 0 Å². The Morgan fingerprint density at radius 2 is 1.93 bits per heavy atom. The van der Waals surface area contributed by atoms with Gasteiger partial charge in [0, 0.05) is 5.56 Å². The highest BCUT2D eigenvalue weighted by Crippen LogP contribution is 2.25. The Morgan fingerprint density at radius 1 is 1.10 bits per heavy atom. The van der Waals surface area contributed by atoms with Crippen molar-refractivity contribution in [3.8, 4) is 10.7 Å². The van der Waals surface area contributed by atoms with Crippen LogP contribution in [0.2, 0.25) is 0 Å². The van der Waals surface area contributed by atoms with E-state index in [2.05, 4.69) is 14.9 Å². The van der Waals surface area contributed by atoms with Crippen molar-refractivity contribution < 1.29 is 17.7 Å². The molecule has 2 aromatic carbocycles. The van der Waals surface area contributed by atoms with Crippen molar-refractivity contribution in [1.29, 1.82) is 0 Å². The highest BCUT2D eigenvalue weighted by atomic mass is 32.2. The van der Waals surface area contributed by atoms with Crippen LogP contribution in [0.25, 0.3) is 10.7 Å². The first kappa shape index (κ1) is 20.0. The van der Waals surface area contributed by atoms with Gasteiger partial charge in [0.15, 0.2) is 5.78 Å². The van der Waals surface area contributed by atoms with Crippen molar-refractivity contribution in [1.82, 2.24) is 10.1 Å². The number of benzene rings is 2. The number of hydrogen-bond donors (Lipinski definition) is 1. The first-order valence-electron chi connectivity index (χ1n) is 9.00. The smallest absolute Gasteiger partial charge is 0.261 e. The summed E-state index contributed by atoms with van der Waals surface area (Å²) in [5.41, 5.74) is 1.42. The van der Waals surface area contributed by atoms with Gasteiger partial charge in [-0.15, -0.1) is 11.3 Å². The Morgan fingerprint density at radius 3 is 2.70 bits per heavy atom. The number of carbonyl (C=O) groups is 1. The SMILES string of the molecule is CC(=O)c1cccc(S(=O)(=O)Nc2ccccc2Cc2nc(-c3cccs3)no2)c1. The maximum Gasteiger partial charge on any atom is 0.261 e. The zero-order valence-electron chi connectivity index (χ0n) is 15.9. The van der Waals surface area contributed by atoms with Gasteiger partial charge in [-0.2, -0.15) is 4.98 Å². The highest BCUT2D eigenvalue weighted by Gasteiger charge is 2.18. The van der Waals surface area contributed by atoms with Gasteiger partial charge in [0.05, 0.1) is 21.9 Å². The van der Waals surface area contributed by atoms with Crippen molar-refractivity contribution in [3.63, 3.8) is 0 Å². The number of sulfonamides is 1. The Bertz CT molecular complexity index is 1300. The third-order valence-electron chi connectivity index (χ3n) is 4.36. The summed E-state index contributed by atoms with van der Waals surface area (Å²) in [4.78, 5) is 16.9. The van der Waals surface area contributed by atoms with Crippen LogP contribution in [-0.2, 0) is 16.4 Å². The molecule has 0 aliphatic carbocycles. The molecule has 0 spiro atoms. The Balaban J connectivity index is 1.59. The van der Waals surface area contributed by atoms with E-state index in [0.717, 1.165) is 4.88 Å². The summed E-state index contributed by atoms with van der Waals surface area (Å²) in [5.74, 6) is 0.674. The average molecular weight is 440 g/mol. The van der Waals surface area contributed by atoms with Crippen LogP contribution < -0.4 is 4.72 Å². The van der Waals surface area contributed by atoms with Gasteiger partial charge in [-0.05, 0) is 42.1 Å². The normalized spacial score (nSPS) is 11.4. The number of Topliss-reactive ketones (excluding diaryl/α,β-unsaturated/α-hetero) is 1. The predicted octanol–water partition coefficient (Wildman–Crippen LogP) is 4.39. The van der Waals surface area contributed by atoms with Crippen molar-refractivity contribution in [2.75, 3.05) is 4.72 Å². The number of para-hydroxylation sites is 1. The van der Waals surface area contributed by atoms with Gasteiger partial charge in [0.25, 0.3) is 10.0 Å². The predicted molar refractivity (Wildman–Crippen MR) is 114 cm³/mol. The Labute approximate surface area is 177 Å². The number of ketones is 1. The lowest BCUT2D eigenvalue weighted by molar-refractivity contribution is 0.101. The molecule has 0 radical (unpaired) electrons. The van der Waals surface area contributed by atoms with E-state index in [1.807, 2.05) is 17.5 Å². The van der Waals surface area contributed by atoms with Crippen LogP contribution in [0.1, 0.15) is 28.7 Å². The van der Waals surface area contributed by atoms with E-state index in [9.17, 15) is 13.2 Å². The van der Waals surface area contributed by atoms with Crippen molar-refractivity contribution in [3.05, 3.63) is 83.1 Å². The zero-order valence-corrected chi connectivity index (χ0v) is 17.5. The molecule has 0 saturated carbocycles. The first-order chi connectivity index (χ1) is 14.4. The Kier molecular flexibility index (Phi) is 5.47. The van der Waals surface area contributed by atoms with Crippen molar-refractivity contribution >= 4 is 32.8 Å². The second-order valence-electron chi connectivity index (χ2n) is 6.51. The fourth-order valence-corrected chi connectivity index (χ4v) is 4.65. The standard InChI is InChI=1S/C21H17N3O4S2/c1-14(25)15-7-4-8-17(12-15)30(26,27)24-18-9-3-2-6-16(18)13-20-22-21(23-28-20)19-10-5-11-29-19/h2-12,24H,13H2,1H3. The molecule has 0 saturated heterocycles. The summed E-state index contributed by atoms with van der Waals surface area (Å²) in [7, 11) is -3.88. The van der Waals surface area contributed by atoms with E-state index < -0.39 is 10.0 Å². The van der Waals surface area contributed by atoms with E-state index in [4.69, 9.17) is 4.52 Å². The molecular formula is C21H17N3O4S2. The summed E-state index contributed by atoms with van der Waals surface area (Å²) in [6.45, 7) is 1.39. The fourth-order valence-electron chi connectivity index (χ4n) is 2.86. The Hall–Kier alpha value is -3.30. The monoisotopic (exact) mass is 439 g/mol. The van der Waals surface area contributed by atoms with E-state index >= 15 is 0 Å². The summed E-state index contributed by atoms with van der Waals surface area (Å²) in [6.07, 6.45) is 0.268. The number of nitrogens with zero attached hydrogens (tertiary/aromatic N) is 2. The number of carbonyl (C=O) groups excluding carboxylic acids is 1. The summed E-state index contributed by atoms with van der Waals surface area (Å²) < 4.78 is 33.7. The van der Waals surface area contributed by atoms with Crippen LogP contribution in [0.3, 0.4) is 0 Å². The minimum Gasteiger partial charge on any atom is -0.339 e. The number of anilines is 1. The van der Waals surface area contributed by atoms with Gasteiger partial charge in [-0.25, -0.2) is 8.42 Å². The third kappa shape index (κ3) is 4.32. The molecule has 0 atom stereocenters. The summed E-state index contributed by atoms with van der Waals surface area (Å²) >= 11 is 1.51. The van der Waals surface area contributed by atoms with Crippen LogP contribution in [0.4, 0.5) is 5.69 Å². The molecule has 152 valence electrons. The quantitative estimate of drug-likeness (QED) is 0.429. The van der Waals surface area contributed by atoms with Crippen LogP contribution in [0, 0.1) is 0 Å². The lowest BCUT2D eigenvalue weighted by atomic mass is 10.1. The average Bonchev–Trinajstić information content (AvgIpc) is 3.41. The number of nitrogens with one attached hydrogen (secondary N) is 1. The number of aromatic nitrogens is 2. The van der Waals surface area contributed by atoms with Crippen LogP contribution in [0.15, 0.2) is 75.5 Å². The minimum absolute atomic E-state index is 0.0165. The molecule has 0 aliphatic heterocycles. The lowest BCUT2D eigenvalue weighted by Crippen LogP contribution is -2.15. The van der Waals surface area contributed by atoms with E-state index in [1.54, 1.807) is 36.4 Å². The second kappa shape index (κ2) is 8.21. The molecular weight excluding hydrogens is 422 g/mol. The van der Waals surface area contributed by atoms with Gasteiger partial charge in [-0.3, -0.25) is 9.52 Å². The molecule has 9 heteroatoms. The second-order valence-corrected chi connectivity index (χ2v) is 9.14. The molecule has 0 fully saturated rings. The summed E-state index contributed by atoms with van der Waals surface area (Å²) in [6, 6.07) is 16.7. The third-order valence-corrected chi connectivity index (χ3v) is 6.59.